The predicted octanol–water partition coefficient (Wildman–Crippen LogP) is 5.22. The van der Waals surface area contributed by atoms with Crippen LogP contribution in [0.1, 0.15) is 65.6 Å². The summed E-state index contributed by atoms with van der Waals surface area (Å²) in [7, 11) is 1.57. The van der Waals surface area contributed by atoms with Crippen LogP contribution >= 0.6 is 0 Å². The molecular weight excluding hydrogens is 458 g/mol. The average Bonchev–Trinajstić information content (AvgIpc) is 2.75. The molecule has 0 aromatic heterocycles. The summed E-state index contributed by atoms with van der Waals surface area (Å²) in [5, 5.41) is 5.54. The Bertz CT molecular complexity index is 1070. The molecule has 0 aliphatic heterocycles. The Labute approximate surface area is 214 Å². The third-order valence-electron chi connectivity index (χ3n) is 5.29. The zero-order chi connectivity index (χ0) is 27.3. The first-order chi connectivity index (χ1) is 16.6. The summed E-state index contributed by atoms with van der Waals surface area (Å²) < 4.78 is 10.5. The molecule has 8 heteroatoms. The van der Waals surface area contributed by atoms with Crippen molar-refractivity contribution >= 4 is 23.6 Å². The molecule has 2 aromatic carbocycles. The van der Waals surface area contributed by atoms with Crippen molar-refractivity contribution in [2.45, 2.75) is 78.6 Å². The van der Waals surface area contributed by atoms with E-state index in [2.05, 4.69) is 10.6 Å². The van der Waals surface area contributed by atoms with Gasteiger partial charge in [0, 0.05) is 11.2 Å². The molecule has 0 saturated carbocycles. The lowest BCUT2D eigenvalue weighted by atomic mass is 9.94. The molecule has 36 heavy (non-hydrogen) atoms. The lowest BCUT2D eigenvalue weighted by Gasteiger charge is -2.42. The molecular formula is C28H39N3O5. The number of anilines is 1. The van der Waals surface area contributed by atoms with Crippen molar-refractivity contribution in [2.24, 2.45) is 0 Å². The Morgan fingerprint density at radius 3 is 2.06 bits per heavy atom. The van der Waals surface area contributed by atoms with Gasteiger partial charge in [-0.25, -0.2) is 4.79 Å². The van der Waals surface area contributed by atoms with Gasteiger partial charge in [-0.1, -0.05) is 29.8 Å². The summed E-state index contributed by atoms with van der Waals surface area (Å²) in [6.07, 6.45) is -0.702. The number of hydrogen-bond acceptors (Lipinski definition) is 5. The van der Waals surface area contributed by atoms with Gasteiger partial charge in [0.15, 0.2) is 0 Å². The third-order valence-corrected chi connectivity index (χ3v) is 5.29. The zero-order valence-electron chi connectivity index (χ0n) is 22.8. The first-order valence-electron chi connectivity index (χ1n) is 12.0. The van der Waals surface area contributed by atoms with Crippen LogP contribution in [0.5, 0.6) is 5.75 Å². The molecule has 0 aliphatic rings. The van der Waals surface area contributed by atoms with Crippen LogP contribution in [0.4, 0.5) is 10.5 Å². The molecule has 8 nitrogen and oxygen atoms in total. The molecule has 0 radical (unpaired) electrons. The highest BCUT2D eigenvalue weighted by molar-refractivity contribution is 5.99. The van der Waals surface area contributed by atoms with E-state index in [4.69, 9.17) is 9.47 Å². The van der Waals surface area contributed by atoms with E-state index in [0.29, 0.717) is 17.0 Å². The van der Waals surface area contributed by atoms with E-state index < -0.39 is 35.2 Å². The molecule has 0 heterocycles. The van der Waals surface area contributed by atoms with Crippen LogP contribution in [0.2, 0.25) is 0 Å². The number of alkyl carbamates (subject to hydrolysis) is 1. The highest BCUT2D eigenvalue weighted by Crippen LogP contribution is 2.31. The lowest BCUT2D eigenvalue weighted by Crippen LogP contribution is -2.57. The monoisotopic (exact) mass is 497 g/mol. The van der Waals surface area contributed by atoms with Crippen LogP contribution < -0.4 is 15.4 Å². The third kappa shape index (κ3) is 8.00. The van der Waals surface area contributed by atoms with Crippen LogP contribution in [0, 0.1) is 6.92 Å². The molecule has 0 bridgehead atoms. The van der Waals surface area contributed by atoms with Gasteiger partial charge in [-0.2, -0.15) is 0 Å². The molecule has 0 spiro atoms. The Morgan fingerprint density at radius 2 is 1.56 bits per heavy atom. The summed E-state index contributed by atoms with van der Waals surface area (Å²) in [6, 6.07) is 12.6. The van der Waals surface area contributed by atoms with Crippen molar-refractivity contribution < 1.29 is 23.9 Å². The van der Waals surface area contributed by atoms with Crippen LogP contribution in [0.3, 0.4) is 0 Å². The molecule has 2 rings (SSSR count). The summed E-state index contributed by atoms with van der Waals surface area (Å²) in [5.41, 5.74) is 0.718. The second-order valence-corrected chi connectivity index (χ2v) is 10.8. The standard InChI is InChI=1S/C28H39N3O5/c1-18-11-10-12-20(17-18)23(24(32)30-21-13-15-22(35-9)16-14-21)31(27(3,4)5)25(33)19(2)29-26(34)36-28(6,7)8/h10-17,19,23H,1-9H3,(H,29,34)(H,30,32). The fourth-order valence-corrected chi connectivity index (χ4v) is 3.74. The minimum absolute atomic E-state index is 0.376. The Balaban J connectivity index is 2.46. The maximum atomic E-state index is 13.8. The van der Waals surface area contributed by atoms with Gasteiger partial charge in [-0.3, -0.25) is 9.59 Å². The van der Waals surface area contributed by atoms with Crippen LogP contribution in [-0.4, -0.2) is 47.1 Å². The molecule has 0 fully saturated rings. The highest BCUT2D eigenvalue weighted by atomic mass is 16.6. The molecule has 2 aromatic rings. The van der Waals surface area contributed by atoms with Crippen molar-refractivity contribution in [1.29, 1.82) is 0 Å². The van der Waals surface area contributed by atoms with Crippen LogP contribution in [0.15, 0.2) is 48.5 Å². The van der Waals surface area contributed by atoms with Gasteiger partial charge >= 0.3 is 6.09 Å². The van der Waals surface area contributed by atoms with Crippen LogP contribution in [-0.2, 0) is 14.3 Å². The number of nitrogens with one attached hydrogen (secondary N) is 2. The van der Waals surface area contributed by atoms with Gasteiger partial charge in [0.25, 0.3) is 5.91 Å². The summed E-state index contributed by atoms with van der Waals surface area (Å²) in [6.45, 7) is 14.3. The summed E-state index contributed by atoms with van der Waals surface area (Å²) in [4.78, 5) is 41.4. The van der Waals surface area contributed by atoms with E-state index in [9.17, 15) is 14.4 Å². The van der Waals surface area contributed by atoms with Crippen molar-refractivity contribution in [3.05, 3.63) is 59.7 Å². The molecule has 2 atom stereocenters. The smallest absolute Gasteiger partial charge is 0.408 e. The lowest BCUT2D eigenvalue weighted by molar-refractivity contribution is -0.146. The van der Waals surface area contributed by atoms with Gasteiger partial charge in [0.1, 0.15) is 23.4 Å². The van der Waals surface area contributed by atoms with Crippen LogP contribution in [0.25, 0.3) is 0 Å². The van der Waals surface area contributed by atoms with Gasteiger partial charge in [-0.15, -0.1) is 0 Å². The normalized spacial score (nSPS) is 13.2. The number of methoxy groups -OCH3 is 1. The number of hydrogen-bond donors (Lipinski definition) is 2. The number of benzene rings is 2. The predicted molar refractivity (Wildman–Crippen MR) is 141 cm³/mol. The summed E-state index contributed by atoms with van der Waals surface area (Å²) >= 11 is 0. The fraction of sp³-hybridized carbons (Fsp3) is 0.464. The van der Waals surface area contributed by atoms with Crippen molar-refractivity contribution in [3.8, 4) is 5.75 Å². The Kier molecular flexibility index (Phi) is 9.13. The largest absolute Gasteiger partial charge is 0.497 e. The minimum atomic E-state index is -0.956. The van der Waals surface area contributed by atoms with Crippen molar-refractivity contribution in [3.63, 3.8) is 0 Å². The summed E-state index contributed by atoms with van der Waals surface area (Å²) in [5.74, 6) is -0.125. The van der Waals surface area contributed by atoms with E-state index in [1.54, 1.807) is 59.1 Å². The molecule has 0 saturated heterocycles. The molecule has 2 unspecified atom stereocenters. The van der Waals surface area contributed by atoms with Crippen molar-refractivity contribution in [1.82, 2.24) is 10.2 Å². The van der Waals surface area contributed by atoms with Gasteiger partial charge in [0.2, 0.25) is 5.91 Å². The molecule has 0 aliphatic carbocycles. The number of rotatable bonds is 7. The van der Waals surface area contributed by atoms with E-state index in [1.807, 2.05) is 52.0 Å². The molecule has 196 valence electrons. The minimum Gasteiger partial charge on any atom is -0.497 e. The molecule has 2 N–H and O–H groups in total. The maximum Gasteiger partial charge on any atom is 0.408 e. The average molecular weight is 498 g/mol. The fourth-order valence-electron chi connectivity index (χ4n) is 3.74. The van der Waals surface area contributed by atoms with E-state index in [1.165, 1.54) is 4.90 Å². The number of nitrogens with zero attached hydrogens (tertiary/aromatic N) is 1. The Hall–Kier alpha value is -3.55. The van der Waals surface area contributed by atoms with Crippen molar-refractivity contribution in [2.75, 3.05) is 12.4 Å². The van der Waals surface area contributed by atoms with E-state index in [-0.39, 0.29) is 5.91 Å². The SMILES string of the molecule is COc1ccc(NC(=O)C(c2cccc(C)c2)N(C(=O)C(C)NC(=O)OC(C)(C)C)C(C)(C)C)cc1. The van der Waals surface area contributed by atoms with E-state index in [0.717, 1.165) is 5.56 Å². The van der Waals surface area contributed by atoms with Gasteiger partial charge < -0.3 is 25.0 Å². The number of carbonyl (C=O) groups excluding carboxylic acids is 3. The molecule has 3 amide bonds. The number of ether oxygens (including phenoxy) is 2. The first kappa shape index (κ1) is 28.7. The topological polar surface area (TPSA) is 97.0 Å². The maximum absolute atomic E-state index is 13.8. The van der Waals surface area contributed by atoms with Gasteiger partial charge in [0.05, 0.1) is 7.11 Å². The second-order valence-electron chi connectivity index (χ2n) is 10.8. The zero-order valence-corrected chi connectivity index (χ0v) is 22.8. The number of aryl methyl sites for hydroxylation is 1. The second kappa shape index (κ2) is 11.5. The van der Waals surface area contributed by atoms with E-state index >= 15 is 0 Å². The number of amides is 3. The number of carbonyl (C=O) groups is 3. The quantitative estimate of drug-likeness (QED) is 0.546. The first-order valence-corrected chi connectivity index (χ1v) is 12.0. The van der Waals surface area contributed by atoms with Gasteiger partial charge in [-0.05, 0) is 85.2 Å². The highest BCUT2D eigenvalue weighted by Gasteiger charge is 2.40. The Morgan fingerprint density at radius 1 is 0.944 bits per heavy atom.